The van der Waals surface area contributed by atoms with Gasteiger partial charge in [-0.25, -0.2) is 9.37 Å². The molecule has 2 heterocycles. The van der Waals surface area contributed by atoms with Crippen LogP contribution in [0.4, 0.5) is 4.39 Å². The van der Waals surface area contributed by atoms with Gasteiger partial charge in [0, 0.05) is 47.1 Å². The van der Waals surface area contributed by atoms with Crippen LogP contribution in [0.15, 0.2) is 48.0 Å². The van der Waals surface area contributed by atoms with Gasteiger partial charge in [0.2, 0.25) is 0 Å². The van der Waals surface area contributed by atoms with Crippen LogP contribution in [0, 0.1) is 27.2 Å². The first-order chi connectivity index (χ1) is 16.3. The van der Waals surface area contributed by atoms with Gasteiger partial charge in [0.05, 0.1) is 22.7 Å². The largest absolute Gasteiger partial charge is 0.393 e. The molecule has 174 valence electrons. The summed E-state index contributed by atoms with van der Waals surface area (Å²) in [6.45, 7) is 3.12. The maximum absolute atomic E-state index is 15.3. The zero-order chi connectivity index (χ0) is 24.4. The summed E-state index contributed by atoms with van der Waals surface area (Å²) in [5.41, 5.74) is 2.76. The molecule has 1 aliphatic heterocycles. The molecule has 9 heteroatoms. The SMILES string of the molecule is CN/C=C1/C=C(n2c(-c3ccc(C#N)c(I)c3)nc(C(=O)N3CCCCC3)c2C)C(F)=CC1=N. The summed E-state index contributed by atoms with van der Waals surface area (Å²) in [6.07, 6.45) is 7.37. The van der Waals surface area contributed by atoms with E-state index < -0.39 is 5.83 Å². The number of nitrogens with one attached hydrogen (secondary N) is 2. The number of allylic oxidation sites excluding steroid dienone is 5. The van der Waals surface area contributed by atoms with Crippen molar-refractivity contribution in [3.8, 4) is 17.5 Å². The van der Waals surface area contributed by atoms with Crippen molar-refractivity contribution in [3.63, 3.8) is 0 Å². The molecule has 0 bridgehead atoms. The molecule has 1 aromatic carbocycles. The van der Waals surface area contributed by atoms with E-state index >= 15 is 4.39 Å². The predicted molar refractivity (Wildman–Crippen MR) is 138 cm³/mol. The lowest BCUT2D eigenvalue weighted by atomic mass is 10.0. The minimum absolute atomic E-state index is 0.0486. The number of hydrogen-bond donors (Lipinski definition) is 2. The molecule has 34 heavy (non-hydrogen) atoms. The number of amides is 1. The molecule has 0 radical (unpaired) electrons. The van der Waals surface area contributed by atoms with Gasteiger partial charge in [0.1, 0.15) is 23.4 Å². The van der Waals surface area contributed by atoms with Gasteiger partial charge < -0.3 is 15.6 Å². The number of imidazole rings is 1. The second-order valence-corrected chi connectivity index (χ2v) is 9.35. The summed E-state index contributed by atoms with van der Waals surface area (Å²) in [6, 6.07) is 7.41. The van der Waals surface area contributed by atoms with Gasteiger partial charge in [0.25, 0.3) is 5.91 Å². The Hall–Kier alpha value is -3.26. The third-order valence-electron chi connectivity index (χ3n) is 5.96. The lowest BCUT2D eigenvalue weighted by Gasteiger charge is -2.26. The molecule has 2 N–H and O–H groups in total. The molecule has 2 aromatic rings. The van der Waals surface area contributed by atoms with Crippen LogP contribution in [0.25, 0.3) is 17.1 Å². The van der Waals surface area contributed by atoms with E-state index in [2.05, 4.69) is 34.0 Å². The van der Waals surface area contributed by atoms with E-state index in [1.165, 1.54) is 0 Å². The Labute approximate surface area is 211 Å². The number of carbonyl (C=O) groups excluding carboxylic acids is 1. The van der Waals surface area contributed by atoms with Crippen molar-refractivity contribution in [2.24, 2.45) is 0 Å². The maximum Gasteiger partial charge on any atom is 0.274 e. The zero-order valence-electron chi connectivity index (χ0n) is 19.0. The number of aromatic nitrogens is 2. The smallest absolute Gasteiger partial charge is 0.274 e. The van der Waals surface area contributed by atoms with Gasteiger partial charge in [-0.1, -0.05) is 0 Å². The molecular formula is C25H24FIN6O. The summed E-state index contributed by atoms with van der Waals surface area (Å²) >= 11 is 2.08. The average molecular weight is 570 g/mol. The fourth-order valence-corrected chi connectivity index (χ4v) is 4.84. The Morgan fingerprint density at radius 3 is 2.68 bits per heavy atom. The van der Waals surface area contributed by atoms with E-state index in [1.54, 1.807) is 47.8 Å². The highest BCUT2D eigenvalue weighted by Crippen LogP contribution is 2.34. The molecule has 4 rings (SSSR count). The fraction of sp³-hybridized carbons (Fsp3) is 0.280. The number of piperidine rings is 1. The average Bonchev–Trinajstić information content (AvgIpc) is 3.17. The van der Waals surface area contributed by atoms with Crippen LogP contribution in [-0.2, 0) is 0 Å². The maximum atomic E-state index is 15.3. The summed E-state index contributed by atoms with van der Waals surface area (Å²) in [7, 11) is 1.71. The van der Waals surface area contributed by atoms with Gasteiger partial charge in [-0.15, -0.1) is 0 Å². The van der Waals surface area contributed by atoms with Crippen molar-refractivity contribution in [2.45, 2.75) is 26.2 Å². The fourth-order valence-electron chi connectivity index (χ4n) is 4.21. The molecule has 1 aromatic heterocycles. The number of likely N-dealkylation sites (tertiary alicyclic amines) is 1. The molecule has 2 aliphatic rings. The Bertz CT molecular complexity index is 1310. The van der Waals surface area contributed by atoms with E-state index in [0.29, 0.717) is 41.3 Å². The third-order valence-corrected chi connectivity index (χ3v) is 6.85. The van der Waals surface area contributed by atoms with E-state index in [1.807, 2.05) is 6.07 Å². The number of hydrogen-bond acceptors (Lipinski definition) is 5. The molecular weight excluding hydrogens is 546 g/mol. The molecule has 0 unspecified atom stereocenters. The highest BCUT2D eigenvalue weighted by molar-refractivity contribution is 14.1. The van der Waals surface area contributed by atoms with Crippen LogP contribution in [0.5, 0.6) is 0 Å². The highest BCUT2D eigenvalue weighted by Gasteiger charge is 2.29. The normalized spacial score (nSPS) is 17.3. The highest BCUT2D eigenvalue weighted by atomic mass is 127. The minimum Gasteiger partial charge on any atom is -0.393 e. The molecule has 1 saturated heterocycles. The van der Waals surface area contributed by atoms with E-state index in [4.69, 9.17) is 10.4 Å². The first kappa shape index (κ1) is 23.9. The lowest BCUT2D eigenvalue weighted by Crippen LogP contribution is -2.36. The lowest BCUT2D eigenvalue weighted by molar-refractivity contribution is 0.0718. The monoisotopic (exact) mass is 570 g/mol. The van der Waals surface area contributed by atoms with Gasteiger partial charge >= 0.3 is 0 Å². The molecule has 0 atom stereocenters. The molecule has 0 saturated carbocycles. The number of rotatable bonds is 4. The first-order valence-electron chi connectivity index (χ1n) is 11.0. The van der Waals surface area contributed by atoms with Crippen molar-refractivity contribution in [1.29, 1.82) is 10.7 Å². The Kier molecular flexibility index (Phi) is 6.97. The summed E-state index contributed by atoms with van der Waals surface area (Å²) < 4.78 is 17.6. The number of nitriles is 1. The quantitative estimate of drug-likeness (QED) is 0.517. The van der Waals surface area contributed by atoms with Gasteiger partial charge in [-0.05, 0) is 73.1 Å². The van der Waals surface area contributed by atoms with Crippen LogP contribution >= 0.6 is 22.6 Å². The standard InChI is InChI=1S/C25H24FIN6O/c1-15-23(25(34)32-8-4-3-5-9-32)31-24(16-6-7-17(13-28)20(27)10-16)33(15)22-11-18(14-30-2)21(29)12-19(22)26/h6-7,10-12,14,29-30H,3-5,8-9H2,1-2H3/b18-14-,29-21?. The van der Waals surface area contributed by atoms with Crippen LogP contribution in [-0.4, -0.2) is 46.2 Å². The Morgan fingerprint density at radius 1 is 1.29 bits per heavy atom. The predicted octanol–water partition coefficient (Wildman–Crippen LogP) is 4.79. The number of halogens is 2. The molecule has 1 amide bonds. The number of carbonyl (C=O) groups is 1. The van der Waals surface area contributed by atoms with E-state index in [0.717, 1.165) is 28.9 Å². The van der Waals surface area contributed by atoms with Crippen molar-refractivity contribution >= 4 is 39.9 Å². The molecule has 0 spiro atoms. The zero-order valence-corrected chi connectivity index (χ0v) is 21.1. The van der Waals surface area contributed by atoms with Gasteiger partial charge in [-0.2, -0.15) is 5.26 Å². The molecule has 1 aliphatic carbocycles. The minimum atomic E-state index is -0.583. The molecule has 1 fully saturated rings. The van der Waals surface area contributed by atoms with Crippen LogP contribution in [0.2, 0.25) is 0 Å². The first-order valence-corrected chi connectivity index (χ1v) is 12.1. The summed E-state index contributed by atoms with van der Waals surface area (Å²) in [5.74, 6) is -0.340. The van der Waals surface area contributed by atoms with Crippen LogP contribution in [0.3, 0.4) is 0 Å². The Balaban J connectivity index is 1.92. The third kappa shape index (κ3) is 4.42. The Morgan fingerprint density at radius 2 is 2.03 bits per heavy atom. The van der Waals surface area contributed by atoms with Crippen molar-refractivity contribution < 1.29 is 9.18 Å². The second kappa shape index (κ2) is 9.93. The van der Waals surface area contributed by atoms with E-state index in [-0.39, 0.29) is 23.0 Å². The number of benzene rings is 1. The van der Waals surface area contributed by atoms with Crippen molar-refractivity contribution in [2.75, 3.05) is 20.1 Å². The van der Waals surface area contributed by atoms with Crippen LogP contribution < -0.4 is 5.32 Å². The number of nitrogens with zero attached hydrogens (tertiary/aromatic N) is 4. The van der Waals surface area contributed by atoms with Crippen molar-refractivity contribution in [3.05, 3.63) is 68.5 Å². The summed E-state index contributed by atoms with van der Waals surface area (Å²) in [5, 5.41) is 20.3. The second-order valence-electron chi connectivity index (χ2n) is 8.19. The molecule has 7 nitrogen and oxygen atoms in total. The topological polar surface area (TPSA) is 97.8 Å². The van der Waals surface area contributed by atoms with Gasteiger partial charge in [0.15, 0.2) is 0 Å². The summed E-state index contributed by atoms with van der Waals surface area (Å²) in [4.78, 5) is 19.9. The van der Waals surface area contributed by atoms with Gasteiger partial charge in [-0.3, -0.25) is 9.36 Å². The van der Waals surface area contributed by atoms with Crippen molar-refractivity contribution in [1.82, 2.24) is 19.8 Å². The van der Waals surface area contributed by atoms with E-state index in [9.17, 15) is 10.1 Å². The van der Waals surface area contributed by atoms with Crippen LogP contribution in [0.1, 0.15) is 41.0 Å².